The molecule has 0 radical (unpaired) electrons. The SMILES string of the molecule is O=C(O)c1ccc(CNS(=O)(=O)C2CCCC2)cc1. The first-order valence-electron chi connectivity index (χ1n) is 6.30. The number of carbonyl (C=O) groups is 1. The molecule has 1 aliphatic rings. The summed E-state index contributed by atoms with van der Waals surface area (Å²) >= 11 is 0. The molecule has 6 heteroatoms. The fourth-order valence-electron chi connectivity index (χ4n) is 2.27. The quantitative estimate of drug-likeness (QED) is 0.862. The van der Waals surface area contributed by atoms with Gasteiger partial charge in [-0.25, -0.2) is 17.9 Å². The summed E-state index contributed by atoms with van der Waals surface area (Å²) in [5.74, 6) is -0.988. The summed E-state index contributed by atoms with van der Waals surface area (Å²) in [6.45, 7) is 0.207. The second-order valence-corrected chi connectivity index (χ2v) is 6.82. The number of rotatable bonds is 5. The predicted molar refractivity (Wildman–Crippen MR) is 71.4 cm³/mol. The van der Waals surface area contributed by atoms with Crippen molar-refractivity contribution in [3.63, 3.8) is 0 Å². The van der Waals surface area contributed by atoms with Gasteiger partial charge in [-0.1, -0.05) is 25.0 Å². The van der Waals surface area contributed by atoms with Crippen LogP contribution in [0.3, 0.4) is 0 Å². The standard InChI is InChI=1S/C13H17NO4S/c15-13(16)11-7-5-10(6-8-11)9-14-19(17,18)12-3-1-2-4-12/h5-8,12,14H,1-4,9H2,(H,15,16). The highest BCUT2D eigenvalue weighted by atomic mass is 32.2. The van der Waals surface area contributed by atoms with E-state index in [-0.39, 0.29) is 17.4 Å². The van der Waals surface area contributed by atoms with E-state index >= 15 is 0 Å². The van der Waals surface area contributed by atoms with Crippen molar-refractivity contribution in [2.75, 3.05) is 0 Å². The van der Waals surface area contributed by atoms with Crippen molar-refractivity contribution >= 4 is 16.0 Å². The van der Waals surface area contributed by atoms with Crippen molar-refractivity contribution in [2.24, 2.45) is 0 Å². The van der Waals surface area contributed by atoms with Crippen LogP contribution in [0.25, 0.3) is 0 Å². The van der Waals surface area contributed by atoms with Gasteiger partial charge in [0, 0.05) is 6.54 Å². The molecule has 0 amide bonds. The van der Waals surface area contributed by atoms with E-state index in [0.717, 1.165) is 31.2 Å². The van der Waals surface area contributed by atoms with Gasteiger partial charge in [-0.2, -0.15) is 0 Å². The highest BCUT2D eigenvalue weighted by Crippen LogP contribution is 2.24. The topological polar surface area (TPSA) is 83.5 Å². The van der Waals surface area contributed by atoms with Gasteiger partial charge in [-0.05, 0) is 30.5 Å². The molecule has 0 aliphatic heterocycles. The van der Waals surface area contributed by atoms with E-state index in [1.54, 1.807) is 12.1 Å². The third kappa shape index (κ3) is 3.54. The lowest BCUT2D eigenvalue weighted by Crippen LogP contribution is -2.32. The molecule has 0 atom stereocenters. The largest absolute Gasteiger partial charge is 0.478 e. The van der Waals surface area contributed by atoms with Gasteiger partial charge in [0.05, 0.1) is 10.8 Å². The number of sulfonamides is 1. The monoisotopic (exact) mass is 283 g/mol. The summed E-state index contributed by atoms with van der Waals surface area (Å²) in [5.41, 5.74) is 0.953. The van der Waals surface area contributed by atoms with Gasteiger partial charge in [0.25, 0.3) is 0 Å². The van der Waals surface area contributed by atoms with Crippen molar-refractivity contribution < 1.29 is 18.3 Å². The second kappa shape index (κ2) is 5.71. The number of carboxylic acids is 1. The molecule has 1 aromatic rings. The Labute approximate surface area is 112 Å². The Hall–Kier alpha value is -1.40. The van der Waals surface area contributed by atoms with E-state index in [4.69, 9.17) is 5.11 Å². The van der Waals surface area contributed by atoms with Crippen LogP contribution in [0.1, 0.15) is 41.6 Å². The van der Waals surface area contributed by atoms with Crippen LogP contribution in [-0.2, 0) is 16.6 Å². The van der Waals surface area contributed by atoms with Crippen molar-refractivity contribution in [1.82, 2.24) is 4.72 Å². The van der Waals surface area contributed by atoms with Crippen LogP contribution >= 0.6 is 0 Å². The van der Waals surface area contributed by atoms with Crippen LogP contribution in [0.4, 0.5) is 0 Å². The Balaban J connectivity index is 1.96. The van der Waals surface area contributed by atoms with Crippen LogP contribution in [0.2, 0.25) is 0 Å². The molecule has 0 aromatic heterocycles. The van der Waals surface area contributed by atoms with Crippen molar-refractivity contribution in [3.05, 3.63) is 35.4 Å². The zero-order chi connectivity index (χ0) is 13.9. The number of aromatic carboxylic acids is 1. The summed E-state index contributed by atoms with van der Waals surface area (Å²) in [4.78, 5) is 10.7. The fourth-order valence-corrected chi connectivity index (χ4v) is 3.82. The molecule has 5 nitrogen and oxygen atoms in total. The Kier molecular flexibility index (Phi) is 4.21. The van der Waals surface area contributed by atoms with Crippen molar-refractivity contribution in [3.8, 4) is 0 Å². The van der Waals surface area contributed by atoms with E-state index in [0.29, 0.717) is 0 Å². The Morgan fingerprint density at radius 2 is 1.79 bits per heavy atom. The minimum atomic E-state index is -3.25. The first-order chi connectivity index (χ1) is 8.99. The number of carboxylic acid groups (broad SMARTS) is 1. The number of hydrogen-bond acceptors (Lipinski definition) is 3. The van der Waals surface area contributed by atoms with Crippen LogP contribution in [0.15, 0.2) is 24.3 Å². The number of hydrogen-bond donors (Lipinski definition) is 2. The zero-order valence-electron chi connectivity index (χ0n) is 10.5. The molecule has 1 saturated carbocycles. The average Bonchev–Trinajstić information content (AvgIpc) is 2.91. The number of benzene rings is 1. The fraction of sp³-hybridized carbons (Fsp3) is 0.462. The molecule has 0 spiro atoms. The molecule has 2 N–H and O–H groups in total. The van der Waals surface area contributed by atoms with E-state index in [2.05, 4.69) is 4.72 Å². The Morgan fingerprint density at radius 3 is 2.32 bits per heavy atom. The Morgan fingerprint density at radius 1 is 1.21 bits per heavy atom. The van der Waals surface area contributed by atoms with E-state index in [1.807, 2.05) is 0 Å². The summed E-state index contributed by atoms with van der Waals surface area (Å²) in [6, 6.07) is 6.20. The normalized spacial score (nSPS) is 16.6. The zero-order valence-corrected chi connectivity index (χ0v) is 11.3. The smallest absolute Gasteiger partial charge is 0.335 e. The molecule has 0 saturated heterocycles. The van der Waals surface area contributed by atoms with Gasteiger partial charge < -0.3 is 5.11 Å². The second-order valence-electron chi connectivity index (χ2n) is 4.77. The summed E-state index contributed by atoms with van der Waals surface area (Å²) < 4.78 is 26.5. The van der Waals surface area contributed by atoms with Crippen molar-refractivity contribution in [1.29, 1.82) is 0 Å². The van der Waals surface area contributed by atoms with E-state index < -0.39 is 16.0 Å². The molecule has 0 bridgehead atoms. The van der Waals surface area contributed by atoms with Gasteiger partial charge in [0.1, 0.15) is 0 Å². The van der Waals surface area contributed by atoms with E-state index in [9.17, 15) is 13.2 Å². The van der Waals surface area contributed by atoms with Crippen LogP contribution < -0.4 is 4.72 Å². The lowest BCUT2D eigenvalue weighted by atomic mass is 10.1. The van der Waals surface area contributed by atoms with Gasteiger partial charge >= 0.3 is 5.97 Å². The van der Waals surface area contributed by atoms with Gasteiger partial charge in [-0.3, -0.25) is 0 Å². The lowest BCUT2D eigenvalue weighted by molar-refractivity contribution is 0.0697. The van der Waals surface area contributed by atoms with Crippen LogP contribution in [0.5, 0.6) is 0 Å². The van der Waals surface area contributed by atoms with E-state index in [1.165, 1.54) is 12.1 Å². The molecule has 2 rings (SSSR count). The minimum Gasteiger partial charge on any atom is -0.478 e. The molecule has 1 fully saturated rings. The van der Waals surface area contributed by atoms with Crippen LogP contribution in [-0.4, -0.2) is 24.7 Å². The molecule has 1 aromatic carbocycles. The van der Waals surface area contributed by atoms with Crippen molar-refractivity contribution in [2.45, 2.75) is 37.5 Å². The molecular weight excluding hydrogens is 266 g/mol. The molecule has 1 aliphatic carbocycles. The maximum Gasteiger partial charge on any atom is 0.335 e. The highest BCUT2D eigenvalue weighted by molar-refractivity contribution is 7.90. The van der Waals surface area contributed by atoms with Gasteiger partial charge in [0.2, 0.25) is 10.0 Å². The molecular formula is C13H17NO4S. The maximum absolute atomic E-state index is 12.0. The molecule has 0 heterocycles. The van der Waals surface area contributed by atoms with Crippen LogP contribution in [0, 0.1) is 0 Å². The predicted octanol–water partition coefficient (Wildman–Crippen LogP) is 1.75. The van der Waals surface area contributed by atoms with Gasteiger partial charge in [0.15, 0.2) is 0 Å². The maximum atomic E-state index is 12.0. The summed E-state index contributed by atoms with van der Waals surface area (Å²) in [6.07, 6.45) is 3.40. The molecule has 0 unspecified atom stereocenters. The highest BCUT2D eigenvalue weighted by Gasteiger charge is 2.28. The summed E-state index contributed by atoms with van der Waals surface area (Å²) in [7, 11) is -3.25. The minimum absolute atomic E-state index is 0.197. The third-order valence-corrected chi connectivity index (χ3v) is 5.32. The first kappa shape index (κ1) is 14.0. The van der Waals surface area contributed by atoms with Gasteiger partial charge in [-0.15, -0.1) is 0 Å². The first-order valence-corrected chi connectivity index (χ1v) is 7.84. The lowest BCUT2D eigenvalue weighted by Gasteiger charge is -2.12. The molecule has 104 valence electrons. The molecule has 19 heavy (non-hydrogen) atoms. The average molecular weight is 283 g/mol. The number of nitrogens with one attached hydrogen (secondary N) is 1. The Bertz CT molecular complexity index is 545. The summed E-state index contributed by atoms with van der Waals surface area (Å²) in [5, 5.41) is 8.49. The third-order valence-electron chi connectivity index (χ3n) is 3.42.